The lowest BCUT2D eigenvalue weighted by atomic mass is 10.0. The Kier molecular flexibility index (Phi) is 3.60. The van der Waals surface area contributed by atoms with Gasteiger partial charge in [0.15, 0.2) is 0 Å². The summed E-state index contributed by atoms with van der Waals surface area (Å²) in [5.41, 5.74) is 1.61. The zero-order valence-electron chi connectivity index (χ0n) is 9.68. The molecule has 0 saturated heterocycles. The van der Waals surface area contributed by atoms with Crippen molar-refractivity contribution in [1.29, 1.82) is 0 Å². The molecule has 1 heterocycles. The van der Waals surface area contributed by atoms with E-state index >= 15 is 0 Å². The topological polar surface area (TPSA) is 39.4 Å². The molecule has 0 aliphatic rings. The summed E-state index contributed by atoms with van der Waals surface area (Å²) in [6.07, 6.45) is 3.20. The summed E-state index contributed by atoms with van der Waals surface area (Å²) in [4.78, 5) is 11.5. The lowest BCUT2D eigenvalue weighted by molar-refractivity contribution is 0.0599. The third-order valence-electron chi connectivity index (χ3n) is 2.64. The molecule has 0 N–H and O–H groups in total. The van der Waals surface area contributed by atoms with Gasteiger partial charge in [-0.1, -0.05) is 18.2 Å². The Morgan fingerprint density at radius 3 is 2.71 bits per heavy atom. The maximum absolute atomic E-state index is 11.5. The van der Waals surface area contributed by atoms with Gasteiger partial charge in [-0.15, -0.1) is 0 Å². The van der Waals surface area contributed by atoms with Gasteiger partial charge in [0, 0.05) is 6.42 Å². The first kappa shape index (κ1) is 11.5. The first-order chi connectivity index (χ1) is 8.31. The van der Waals surface area contributed by atoms with Crippen LogP contribution in [0.3, 0.4) is 0 Å². The maximum atomic E-state index is 11.5. The van der Waals surface area contributed by atoms with E-state index in [2.05, 4.69) is 0 Å². The van der Waals surface area contributed by atoms with Crippen molar-refractivity contribution < 1.29 is 13.9 Å². The lowest BCUT2D eigenvalue weighted by Crippen LogP contribution is -2.06. The van der Waals surface area contributed by atoms with Gasteiger partial charge in [0.1, 0.15) is 5.76 Å². The van der Waals surface area contributed by atoms with Crippen LogP contribution in [0, 0.1) is 0 Å². The van der Waals surface area contributed by atoms with Crippen molar-refractivity contribution in [1.82, 2.24) is 0 Å². The fourth-order valence-corrected chi connectivity index (χ4v) is 1.76. The first-order valence-corrected chi connectivity index (χ1v) is 5.50. The molecule has 2 aromatic rings. The van der Waals surface area contributed by atoms with Crippen LogP contribution in [0.1, 0.15) is 21.7 Å². The molecule has 2 rings (SSSR count). The van der Waals surface area contributed by atoms with Crippen LogP contribution in [0.25, 0.3) is 0 Å². The van der Waals surface area contributed by atoms with Crippen LogP contribution in [-0.4, -0.2) is 13.1 Å². The van der Waals surface area contributed by atoms with E-state index in [4.69, 9.17) is 9.15 Å². The Morgan fingerprint density at radius 1 is 1.18 bits per heavy atom. The average Bonchev–Trinajstić information content (AvgIpc) is 2.89. The Hall–Kier alpha value is -2.03. The van der Waals surface area contributed by atoms with Crippen LogP contribution in [0.15, 0.2) is 47.1 Å². The predicted molar refractivity (Wildman–Crippen MR) is 63.9 cm³/mol. The van der Waals surface area contributed by atoms with Crippen LogP contribution in [0.5, 0.6) is 0 Å². The predicted octanol–water partition coefficient (Wildman–Crippen LogP) is 2.85. The van der Waals surface area contributed by atoms with E-state index in [0.29, 0.717) is 5.56 Å². The van der Waals surface area contributed by atoms with Gasteiger partial charge in [0.05, 0.1) is 18.9 Å². The minimum absolute atomic E-state index is 0.292. The number of hydrogen-bond acceptors (Lipinski definition) is 3. The second-order valence-corrected chi connectivity index (χ2v) is 3.73. The number of furan rings is 1. The quantitative estimate of drug-likeness (QED) is 0.758. The summed E-state index contributed by atoms with van der Waals surface area (Å²) in [5, 5.41) is 0. The van der Waals surface area contributed by atoms with E-state index in [1.807, 2.05) is 30.3 Å². The second kappa shape index (κ2) is 5.34. The molecule has 0 radical (unpaired) electrons. The SMILES string of the molecule is COC(=O)c1ccccc1CCc1ccco1. The first-order valence-electron chi connectivity index (χ1n) is 5.50. The van der Waals surface area contributed by atoms with E-state index < -0.39 is 0 Å². The molecule has 1 aromatic heterocycles. The van der Waals surface area contributed by atoms with Gasteiger partial charge >= 0.3 is 5.97 Å². The second-order valence-electron chi connectivity index (χ2n) is 3.73. The summed E-state index contributed by atoms with van der Waals surface area (Å²) < 4.78 is 10.0. The maximum Gasteiger partial charge on any atom is 0.338 e. The van der Waals surface area contributed by atoms with Crippen molar-refractivity contribution in [2.75, 3.05) is 7.11 Å². The summed E-state index contributed by atoms with van der Waals surface area (Å²) >= 11 is 0. The standard InChI is InChI=1S/C14H14O3/c1-16-14(15)13-7-3-2-5-11(13)8-9-12-6-4-10-17-12/h2-7,10H,8-9H2,1H3. The summed E-state index contributed by atoms with van der Waals surface area (Å²) in [6.45, 7) is 0. The highest BCUT2D eigenvalue weighted by molar-refractivity contribution is 5.90. The van der Waals surface area contributed by atoms with Crippen LogP contribution in [-0.2, 0) is 17.6 Å². The van der Waals surface area contributed by atoms with E-state index in [0.717, 1.165) is 24.2 Å². The number of ether oxygens (including phenoxy) is 1. The Labute approximate surface area is 100 Å². The van der Waals surface area contributed by atoms with Gasteiger partial charge in [-0.3, -0.25) is 0 Å². The van der Waals surface area contributed by atoms with Gasteiger partial charge in [-0.2, -0.15) is 0 Å². The average molecular weight is 230 g/mol. The van der Waals surface area contributed by atoms with Crippen molar-refractivity contribution in [3.8, 4) is 0 Å². The van der Waals surface area contributed by atoms with E-state index in [1.54, 1.807) is 12.3 Å². The fourth-order valence-electron chi connectivity index (χ4n) is 1.76. The van der Waals surface area contributed by atoms with Gasteiger partial charge in [0.25, 0.3) is 0 Å². The number of esters is 1. The van der Waals surface area contributed by atoms with Gasteiger partial charge in [0.2, 0.25) is 0 Å². The monoisotopic (exact) mass is 230 g/mol. The third-order valence-corrected chi connectivity index (χ3v) is 2.64. The van der Waals surface area contributed by atoms with Crippen molar-refractivity contribution in [3.63, 3.8) is 0 Å². The van der Waals surface area contributed by atoms with E-state index in [-0.39, 0.29) is 5.97 Å². The lowest BCUT2D eigenvalue weighted by Gasteiger charge is -2.06. The highest BCUT2D eigenvalue weighted by Gasteiger charge is 2.10. The highest BCUT2D eigenvalue weighted by atomic mass is 16.5. The van der Waals surface area contributed by atoms with Gasteiger partial charge in [-0.25, -0.2) is 4.79 Å². The zero-order chi connectivity index (χ0) is 12.1. The van der Waals surface area contributed by atoms with Crippen LogP contribution in [0.2, 0.25) is 0 Å². The number of methoxy groups -OCH3 is 1. The molecule has 0 bridgehead atoms. The van der Waals surface area contributed by atoms with Crippen molar-refractivity contribution in [3.05, 3.63) is 59.5 Å². The normalized spacial score (nSPS) is 10.2. The Morgan fingerprint density at radius 2 is 2.00 bits per heavy atom. The largest absolute Gasteiger partial charge is 0.469 e. The van der Waals surface area contributed by atoms with Crippen LogP contribution >= 0.6 is 0 Å². The van der Waals surface area contributed by atoms with Crippen molar-refractivity contribution in [2.45, 2.75) is 12.8 Å². The molecule has 0 saturated carbocycles. The molecule has 1 aromatic carbocycles. The van der Waals surface area contributed by atoms with E-state index in [9.17, 15) is 4.79 Å². The minimum Gasteiger partial charge on any atom is -0.469 e. The summed E-state index contributed by atoms with van der Waals surface area (Å²) in [5.74, 6) is 0.629. The van der Waals surface area contributed by atoms with Crippen LogP contribution < -0.4 is 0 Å². The number of hydrogen-bond donors (Lipinski definition) is 0. The number of aryl methyl sites for hydroxylation is 2. The smallest absolute Gasteiger partial charge is 0.338 e. The number of rotatable bonds is 4. The summed E-state index contributed by atoms with van der Waals surface area (Å²) in [6, 6.07) is 11.3. The molecule has 88 valence electrons. The molecule has 0 spiro atoms. The molecule has 0 atom stereocenters. The fraction of sp³-hybridized carbons (Fsp3) is 0.214. The summed E-state index contributed by atoms with van der Waals surface area (Å²) in [7, 11) is 1.39. The van der Waals surface area contributed by atoms with Gasteiger partial charge in [-0.05, 0) is 30.2 Å². The molecule has 0 aliphatic heterocycles. The molecule has 0 unspecified atom stereocenters. The highest BCUT2D eigenvalue weighted by Crippen LogP contribution is 2.13. The van der Waals surface area contributed by atoms with Crippen LogP contribution in [0.4, 0.5) is 0 Å². The molecule has 0 aliphatic carbocycles. The molecule has 17 heavy (non-hydrogen) atoms. The van der Waals surface area contributed by atoms with Gasteiger partial charge < -0.3 is 9.15 Å². The number of carbonyl (C=O) groups is 1. The van der Waals surface area contributed by atoms with Crippen molar-refractivity contribution in [2.24, 2.45) is 0 Å². The minimum atomic E-state index is -0.292. The molecule has 0 amide bonds. The molecule has 3 nitrogen and oxygen atoms in total. The van der Waals surface area contributed by atoms with Crippen molar-refractivity contribution >= 4 is 5.97 Å². The molecular formula is C14H14O3. The zero-order valence-corrected chi connectivity index (χ0v) is 9.68. The third kappa shape index (κ3) is 2.75. The molecule has 3 heteroatoms. The Balaban J connectivity index is 2.12. The molecule has 0 fully saturated rings. The number of carbonyl (C=O) groups excluding carboxylic acids is 1. The number of benzene rings is 1. The molecular weight excluding hydrogens is 216 g/mol. The van der Waals surface area contributed by atoms with E-state index in [1.165, 1.54) is 7.11 Å². The Bertz CT molecular complexity index is 486.